The van der Waals surface area contributed by atoms with E-state index in [-0.39, 0.29) is 0 Å². The normalized spacial score (nSPS) is 10.4. The van der Waals surface area contributed by atoms with Gasteiger partial charge in [-0.15, -0.1) is 0 Å². The van der Waals surface area contributed by atoms with E-state index in [0.29, 0.717) is 6.54 Å². The van der Waals surface area contributed by atoms with Crippen molar-refractivity contribution in [3.8, 4) is 0 Å². The molecule has 0 atom stereocenters. The molecule has 16 heavy (non-hydrogen) atoms. The Morgan fingerprint density at radius 1 is 1.19 bits per heavy atom. The number of aryl methyl sites for hydroxylation is 2. The Labute approximate surface area is 104 Å². The Morgan fingerprint density at radius 3 is 2.69 bits per heavy atom. The van der Waals surface area contributed by atoms with E-state index in [1.54, 1.807) is 0 Å². The molecular formula is C13H14BrNO. The Bertz CT molecular complexity index is 490. The molecule has 0 bridgehead atoms. The van der Waals surface area contributed by atoms with Crippen LogP contribution in [-0.4, -0.2) is 0 Å². The van der Waals surface area contributed by atoms with E-state index >= 15 is 0 Å². The Balaban J connectivity index is 2.07. The lowest BCUT2D eigenvalue weighted by Gasteiger charge is -2.08. The van der Waals surface area contributed by atoms with E-state index in [1.165, 1.54) is 5.56 Å². The Kier molecular flexibility index (Phi) is 3.34. The minimum atomic E-state index is 0.704. The quantitative estimate of drug-likeness (QED) is 0.908. The van der Waals surface area contributed by atoms with Gasteiger partial charge in [0.05, 0.1) is 6.54 Å². The van der Waals surface area contributed by atoms with Gasteiger partial charge in [-0.3, -0.25) is 0 Å². The maximum Gasteiger partial charge on any atom is 0.123 e. The molecule has 0 amide bonds. The highest BCUT2D eigenvalue weighted by molar-refractivity contribution is 9.10. The molecule has 0 radical (unpaired) electrons. The number of nitrogens with one attached hydrogen (secondary N) is 1. The van der Waals surface area contributed by atoms with Gasteiger partial charge in [-0.05, 0) is 53.5 Å². The summed E-state index contributed by atoms with van der Waals surface area (Å²) in [6.45, 7) is 4.73. The molecule has 0 unspecified atom stereocenters. The molecule has 3 heteroatoms. The van der Waals surface area contributed by atoms with Crippen LogP contribution >= 0.6 is 15.9 Å². The standard InChI is InChI=1S/C13H14BrNO/c1-9-4-3-5-12(13(9)14)15-8-11-7-6-10(2)16-11/h3-7,15H,8H2,1-2H3. The third kappa shape index (κ3) is 2.47. The van der Waals surface area contributed by atoms with Crippen molar-refractivity contribution in [1.29, 1.82) is 0 Å². The number of halogens is 1. The lowest BCUT2D eigenvalue weighted by Crippen LogP contribution is -1.99. The van der Waals surface area contributed by atoms with Crippen molar-refractivity contribution < 1.29 is 4.42 Å². The summed E-state index contributed by atoms with van der Waals surface area (Å²) in [5, 5.41) is 3.34. The highest BCUT2D eigenvalue weighted by Gasteiger charge is 2.03. The zero-order valence-electron chi connectivity index (χ0n) is 9.38. The summed E-state index contributed by atoms with van der Waals surface area (Å²) in [5.41, 5.74) is 2.31. The van der Waals surface area contributed by atoms with Gasteiger partial charge in [-0.25, -0.2) is 0 Å². The largest absolute Gasteiger partial charge is 0.465 e. The second kappa shape index (κ2) is 4.74. The van der Waals surface area contributed by atoms with Crippen molar-refractivity contribution in [2.75, 3.05) is 5.32 Å². The third-order valence-electron chi connectivity index (χ3n) is 2.44. The maximum absolute atomic E-state index is 5.50. The summed E-state index contributed by atoms with van der Waals surface area (Å²) in [6.07, 6.45) is 0. The van der Waals surface area contributed by atoms with Crippen molar-refractivity contribution >= 4 is 21.6 Å². The minimum absolute atomic E-state index is 0.704. The van der Waals surface area contributed by atoms with Crippen molar-refractivity contribution in [1.82, 2.24) is 0 Å². The van der Waals surface area contributed by atoms with Gasteiger partial charge in [0, 0.05) is 10.2 Å². The van der Waals surface area contributed by atoms with Gasteiger partial charge in [0.15, 0.2) is 0 Å². The third-order valence-corrected chi connectivity index (χ3v) is 3.49. The smallest absolute Gasteiger partial charge is 0.123 e. The number of hydrogen-bond donors (Lipinski definition) is 1. The zero-order valence-corrected chi connectivity index (χ0v) is 11.0. The molecule has 0 fully saturated rings. The van der Waals surface area contributed by atoms with Crippen LogP contribution in [0.1, 0.15) is 17.1 Å². The second-order valence-corrected chi connectivity index (χ2v) is 4.60. The fourth-order valence-electron chi connectivity index (χ4n) is 1.55. The number of furan rings is 1. The van der Waals surface area contributed by atoms with Crippen LogP contribution in [0.2, 0.25) is 0 Å². The lowest BCUT2D eigenvalue weighted by molar-refractivity contribution is 0.490. The molecular weight excluding hydrogens is 266 g/mol. The van der Waals surface area contributed by atoms with E-state index in [9.17, 15) is 0 Å². The first-order valence-corrected chi connectivity index (χ1v) is 6.00. The van der Waals surface area contributed by atoms with E-state index in [2.05, 4.69) is 34.2 Å². The molecule has 0 aliphatic heterocycles. The molecule has 1 heterocycles. The molecule has 2 rings (SSSR count). The second-order valence-electron chi connectivity index (χ2n) is 3.80. The molecule has 0 saturated heterocycles. The molecule has 0 aliphatic rings. The molecule has 1 N–H and O–H groups in total. The summed E-state index contributed by atoms with van der Waals surface area (Å²) >= 11 is 3.57. The van der Waals surface area contributed by atoms with Crippen molar-refractivity contribution in [2.45, 2.75) is 20.4 Å². The number of anilines is 1. The summed E-state index contributed by atoms with van der Waals surface area (Å²) in [5.74, 6) is 1.89. The molecule has 2 nitrogen and oxygen atoms in total. The molecule has 0 aliphatic carbocycles. The predicted octanol–water partition coefficient (Wildman–Crippen LogP) is 4.27. The minimum Gasteiger partial charge on any atom is -0.465 e. The van der Waals surface area contributed by atoms with Crippen LogP contribution in [0, 0.1) is 13.8 Å². The molecule has 2 aromatic rings. The molecule has 1 aromatic heterocycles. The first-order valence-electron chi connectivity index (χ1n) is 5.21. The summed E-state index contributed by atoms with van der Waals surface area (Å²) in [7, 11) is 0. The van der Waals surface area contributed by atoms with Crippen LogP contribution in [0.15, 0.2) is 39.2 Å². The number of benzene rings is 1. The Hall–Kier alpha value is -1.22. The van der Waals surface area contributed by atoms with Gasteiger partial charge < -0.3 is 9.73 Å². The highest BCUT2D eigenvalue weighted by Crippen LogP contribution is 2.26. The van der Waals surface area contributed by atoms with Gasteiger partial charge >= 0.3 is 0 Å². The zero-order chi connectivity index (χ0) is 11.5. The van der Waals surface area contributed by atoms with Crippen LogP contribution in [0.3, 0.4) is 0 Å². The van der Waals surface area contributed by atoms with Crippen molar-refractivity contribution in [2.24, 2.45) is 0 Å². The summed E-state index contributed by atoms with van der Waals surface area (Å²) in [4.78, 5) is 0. The number of hydrogen-bond acceptors (Lipinski definition) is 2. The van der Waals surface area contributed by atoms with Gasteiger partial charge in [0.1, 0.15) is 11.5 Å². The molecule has 1 aromatic carbocycles. The first-order chi connectivity index (χ1) is 7.66. The lowest BCUT2D eigenvalue weighted by atomic mass is 10.2. The maximum atomic E-state index is 5.50. The topological polar surface area (TPSA) is 25.2 Å². The molecule has 84 valence electrons. The first kappa shape index (κ1) is 11.3. The van der Waals surface area contributed by atoms with Crippen LogP contribution in [0.25, 0.3) is 0 Å². The van der Waals surface area contributed by atoms with Gasteiger partial charge in [0.2, 0.25) is 0 Å². The predicted molar refractivity (Wildman–Crippen MR) is 69.7 cm³/mol. The SMILES string of the molecule is Cc1ccc(CNc2cccc(C)c2Br)o1. The van der Waals surface area contributed by atoms with Crippen molar-refractivity contribution in [3.05, 3.63) is 51.9 Å². The van der Waals surface area contributed by atoms with Gasteiger partial charge in [0.25, 0.3) is 0 Å². The monoisotopic (exact) mass is 279 g/mol. The van der Waals surface area contributed by atoms with Crippen LogP contribution in [0.5, 0.6) is 0 Å². The van der Waals surface area contributed by atoms with Crippen LogP contribution in [-0.2, 0) is 6.54 Å². The number of rotatable bonds is 3. The Morgan fingerprint density at radius 2 is 2.00 bits per heavy atom. The van der Waals surface area contributed by atoms with E-state index < -0.39 is 0 Å². The fraction of sp³-hybridized carbons (Fsp3) is 0.231. The molecule has 0 spiro atoms. The average molecular weight is 280 g/mol. The van der Waals surface area contributed by atoms with Crippen LogP contribution < -0.4 is 5.32 Å². The highest BCUT2D eigenvalue weighted by atomic mass is 79.9. The summed E-state index contributed by atoms with van der Waals surface area (Å²) in [6, 6.07) is 10.1. The van der Waals surface area contributed by atoms with E-state index in [4.69, 9.17) is 4.42 Å². The fourth-order valence-corrected chi connectivity index (χ4v) is 1.95. The van der Waals surface area contributed by atoms with E-state index in [1.807, 2.05) is 31.2 Å². The van der Waals surface area contributed by atoms with Gasteiger partial charge in [-0.2, -0.15) is 0 Å². The van der Waals surface area contributed by atoms with Gasteiger partial charge in [-0.1, -0.05) is 12.1 Å². The molecule has 0 saturated carbocycles. The summed E-state index contributed by atoms with van der Waals surface area (Å²) < 4.78 is 6.61. The average Bonchev–Trinajstić information content (AvgIpc) is 2.67. The van der Waals surface area contributed by atoms with E-state index in [0.717, 1.165) is 21.7 Å². The van der Waals surface area contributed by atoms with Crippen molar-refractivity contribution in [3.63, 3.8) is 0 Å². The van der Waals surface area contributed by atoms with Crippen LogP contribution in [0.4, 0.5) is 5.69 Å².